The molecule has 0 heterocycles. The molecule has 1 aromatic carbocycles. The first kappa shape index (κ1) is 16.1. The zero-order valence-corrected chi connectivity index (χ0v) is 11.9. The van der Waals surface area contributed by atoms with E-state index < -0.39 is 27.2 Å². The lowest BCUT2D eigenvalue weighted by Gasteiger charge is -2.13. The smallest absolute Gasteiger partial charge is 0.307 e. The van der Waals surface area contributed by atoms with Crippen LogP contribution in [-0.4, -0.2) is 36.5 Å². The van der Waals surface area contributed by atoms with Gasteiger partial charge in [0.2, 0.25) is 20.0 Å². The number of benzene rings is 1. The van der Waals surface area contributed by atoms with Crippen LogP contribution in [0.15, 0.2) is 30.3 Å². The summed E-state index contributed by atoms with van der Waals surface area (Å²) >= 11 is 0. The lowest BCUT2D eigenvalue weighted by molar-refractivity contribution is 0.159. The van der Waals surface area contributed by atoms with Gasteiger partial charge in [-0.1, -0.05) is 30.3 Å². The molecule has 0 fully saturated rings. The van der Waals surface area contributed by atoms with Crippen LogP contribution >= 0.6 is 0 Å². The van der Waals surface area contributed by atoms with E-state index in [9.17, 15) is 16.8 Å². The van der Waals surface area contributed by atoms with Gasteiger partial charge in [-0.25, -0.2) is 16.8 Å². The molecular formula is C8H13BN2O6S2. The first-order chi connectivity index (χ1) is 8.67. The Hall–Kier alpha value is -0.975. The fourth-order valence-electron chi connectivity index (χ4n) is 1.03. The highest BCUT2D eigenvalue weighted by molar-refractivity contribution is 7.88. The van der Waals surface area contributed by atoms with Crippen molar-refractivity contribution in [2.45, 2.75) is 0 Å². The zero-order chi connectivity index (χ0) is 14.5. The molecule has 0 aromatic heterocycles. The summed E-state index contributed by atoms with van der Waals surface area (Å²) in [6.07, 6.45) is 1.78. The monoisotopic (exact) mass is 308 g/mol. The van der Waals surface area contributed by atoms with Crippen molar-refractivity contribution in [3.05, 3.63) is 30.3 Å². The molecule has 1 aromatic rings. The molecule has 2 N–H and O–H groups in total. The summed E-state index contributed by atoms with van der Waals surface area (Å²) in [4.78, 5) is 3.54. The van der Waals surface area contributed by atoms with Crippen LogP contribution in [0.4, 0.5) is 0 Å². The minimum atomic E-state index is -3.61. The number of nitrogens with one attached hydrogen (secondary N) is 2. The van der Waals surface area contributed by atoms with Crippen LogP contribution in [0.5, 0.6) is 0 Å². The Labute approximate surface area is 112 Å². The van der Waals surface area contributed by atoms with E-state index in [4.69, 9.17) is 9.51 Å². The van der Waals surface area contributed by atoms with Gasteiger partial charge in [-0.2, -0.15) is 0 Å². The van der Waals surface area contributed by atoms with Gasteiger partial charge in [-0.15, -0.1) is 9.77 Å². The third-order valence-electron chi connectivity index (χ3n) is 1.68. The summed E-state index contributed by atoms with van der Waals surface area (Å²) in [7, 11) is -8.48. The third-order valence-corrected chi connectivity index (χ3v) is 2.48. The van der Waals surface area contributed by atoms with E-state index in [0.717, 1.165) is 12.5 Å². The predicted molar refractivity (Wildman–Crippen MR) is 70.0 cm³/mol. The largest absolute Gasteiger partial charge is 0.530 e. The molecule has 1 rings (SSSR count). The standard InChI is InChI=1S/C8H13BN2O6S2/c1-18(12,13)10-16-9(17-11-19(2,14)15)8-6-4-3-5-7-8/h3-7,10-11H,1-2H3. The maximum Gasteiger partial charge on any atom is 0.530 e. The minimum Gasteiger partial charge on any atom is -0.307 e. The maximum atomic E-state index is 10.9. The molecule has 11 heteroatoms. The number of hydrogen-bond acceptors (Lipinski definition) is 6. The summed E-state index contributed by atoms with van der Waals surface area (Å²) in [5, 5.41) is 0. The summed E-state index contributed by atoms with van der Waals surface area (Å²) < 4.78 is 53.4. The van der Waals surface area contributed by atoms with E-state index in [1.54, 1.807) is 40.1 Å². The molecule has 0 radical (unpaired) electrons. The van der Waals surface area contributed by atoms with Crippen molar-refractivity contribution in [3.8, 4) is 0 Å². The van der Waals surface area contributed by atoms with Crippen LogP contribution in [0.25, 0.3) is 0 Å². The molecular weight excluding hydrogens is 295 g/mol. The molecule has 0 aliphatic heterocycles. The second kappa shape index (κ2) is 6.46. The lowest BCUT2D eigenvalue weighted by atomic mass is 9.80. The maximum absolute atomic E-state index is 10.9. The number of rotatable bonds is 7. The van der Waals surface area contributed by atoms with Crippen LogP contribution < -0.4 is 15.2 Å². The van der Waals surface area contributed by atoms with Crippen LogP contribution in [0.3, 0.4) is 0 Å². The highest BCUT2D eigenvalue weighted by Gasteiger charge is 2.25. The van der Waals surface area contributed by atoms with E-state index in [1.165, 1.54) is 0 Å². The third kappa shape index (κ3) is 7.25. The van der Waals surface area contributed by atoms with Gasteiger partial charge in [0.15, 0.2) is 0 Å². The van der Waals surface area contributed by atoms with E-state index >= 15 is 0 Å². The van der Waals surface area contributed by atoms with Gasteiger partial charge < -0.3 is 9.51 Å². The molecule has 0 saturated carbocycles. The SMILES string of the molecule is CS(=O)(=O)NOB(ONS(C)(=O)=O)c1ccccc1. The highest BCUT2D eigenvalue weighted by atomic mass is 32.2. The van der Waals surface area contributed by atoms with Gasteiger partial charge in [-0.05, 0) is 5.46 Å². The molecule has 0 aliphatic rings. The summed E-state index contributed by atoms with van der Waals surface area (Å²) in [6, 6.07) is 8.22. The van der Waals surface area contributed by atoms with Crippen LogP contribution in [0, 0.1) is 0 Å². The Bertz CT molecular complexity index is 567. The van der Waals surface area contributed by atoms with E-state index in [2.05, 4.69) is 0 Å². The van der Waals surface area contributed by atoms with Gasteiger partial charge >= 0.3 is 7.12 Å². The summed E-state index contributed by atoms with van der Waals surface area (Å²) in [5.74, 6) is 0. The lowest BCUT2D eigenvalue weighted by Crippen LogP contribution is -2.46. The molecule has 0 aliphatic carbocycles. The quantitative estimate of drug-likeness (QED) is 0.461. The fourth-order valence-corrected chi connectivity index (χ4v) is 1.56. The van der Waals surface area contributed by atoms with E-state index in [-0.39, 0.29) is 0 Å². The Morgan fingerprint density at radius 2 is 1.32 bits per heavy atom. The van der Waals surface area contributed by atoms with Gasteiger partial charge in [0.05, 0.1) is 12.5 Å². The molecule has 19 heavy (non-hydrogen) atoms. The average Bonchev–Trinajstić information content (AvgIpc) is 2.27. The Kier molecular flexibility index (Phi) is 5.46. The molecule has 0 unspecified atom stereocenters. The van der Waals surface area contributed by atoms with Crippen LogP contribution in [0.2, 0.25) is 0 Å². The molecule has 106 valence electrons. The van der Waals surface area contributed by atoms with Gasteiger partial charge in [0, 0.05) is 0 Å². The normalized spacial score (nSPS) is 12.3. The van der Waals surface area contributed by atoms with Gasteiger partial charge in [-0.3, -0.25) is 0 Å². The van der Waals surface area contributed by atoms with Crippen molar-refractivity contribution >= 4 is 32.6 Å². The highest BCUT2D eigenvalue weighted by Crippen LogP contribution is 1.92. The Balaban J connectivity index is 2.79. The molecule has 0 bridgehead atoms. The topological polar surface area (TPSA) is 111 Å². The van der Waals surface area contributed by atoms with Gasteiger partial charge in [0.25, 0.3) is 0 Å². The summed E-state index contributed by atoms with van der Waals surface area (Å²) in [6.45, 7) is 0. The first-order valence-electron chi connectivity index (χ1n) is 4.97. The second-order valence-electron chi connectivity index (χ2n) is 3.69. The minimum absolute atomic E-state index is 0.426. The molecule has 0 amide bonds. The number of hydrogen-bond donors (Lipinski definition) is 2. The molecule has 8 nitrogen and oxygen atoms in total. The predicted octanol–water partition coefficient (Wildman–Crippen LogP) is -1.66. The molecule has 0 spiro atoms. The van der Waals surface area contributed by atoms with Crippen molar-refractivity contribution in [2.24, 2.45) is 0 Å². The zero-order valence-electron chi connectivity index (χ0n) is 10.2. The molecule has 0 saturated heterocycles. The van der Waals surface area contributed by atoms with Crippen molar-refractivity contribution < 1.29 is 26.3 Å². The van der Waals surface area contributed by atoms with Crippen molar-refractivity contribution in [1.82, 2.24) is 9.77 Å². The van der Waals surface area contributed by atoms with E-state index in [1.807, 2.05) is 0 Å². The average molecular weight is 308 g/mol. The number of sulfonamides is 2. The van der Waals surface area contributed by atoms with Crippen molar-refractivity contribution in [3.63, 3.8) is 0 Å². The van der Waals surface area contributed by atoms with Crippen molar-refractivity contribution in [2.75, 3.05) is 12.5 Å². The molecule has 0 atom stereocenters. The van der Waals surface area contributed by atoms with Crippen molar-refractivity contribution in [1.29, 1.82) is 0 Å². The first-order valence-corrected chi connectivity index (χ1v) is 8.75. The Morgan fingerprint density at radius 3 is 1.68 bits per heavy atom. The van der Waals surface area contributed by atoms with Crippen LogP contribution in [-0.2, 0) is 29.6 Å². The van der Waals surface area contributed by atoms with E-state index in [0.29, 0.717) is 5.46 Å². The Morgan fingerprint density at radius 1 is 0.895 bits per heavy atom. The summed E-state index contributed by atoms with van der Waals surface area (Å²) in [5.41, 5.74) is 0.426. The fraction of sp³-hybridized carbons (Fsp3) is 0.250. The second-order valence-corrected chi connectivity index (χ2v) is 7.11. The van der Waals surface area contributed by atoms with Crippen LogP contribution in [0.1, 0.15) is 0 Å². The van der Waals surface area contributed by atoms with Gasteiger partial charge in [0.1, 0.15) is 0 Å².